The maximum atomic E-state index is 12.4. The summed E-state index contributed by atoms with van der Waals surface area (Å²) in [5.74, 6) is 0.000509. The van der Waals surface area contributed by atoms with Gasteiger partial charge in [0.15, 0.2) is 0 Å². The molecule has 0 aromatic heterocycles. The third kappa shape index (κ3) is 4.94. The van der Waals surface area contributed by atoms with Crippen LogP contribution in [0.4, 0.5) is 0 Å². The van der Waals surface area contributed by atoms with Gasteiger partial charge in [0.25, 0.3) is 0 Å². The highest BCUT2D eigenvalue weighted by Gasteiger charge is 2.25. The maximum absolute atomic E-state index is 12.4. The van der Waals surface area contributed by atoms with Crippen molar-refractivity contribution >= 4 is 5.91 Å². The smallest absolute Gasteiger partial charge is 0.241 e. The van der Waals surface area contributed by atoms with Crippen molar-refractivity contribution in [3.05, 3.63) is 35.9 Å². The van der Waals surface area contributed by atoms with Gasteiger partial charge in [-0.05, 0) is 32.0 Å². The molecule has 4 nitrogen and oxygen atoms in total. The fourth-order valence-electron chi connectivity index (χ4n) is 2.25. The van der Waals surface area contributed by atoms with Crippen molar-refractivity contribution in [2.75, 3.05) is 19.6 Å². The summed E-state index contributed by atoms with van der Waals surface area (Å²) in [6, 6.07) is 9.56. The molecule has 2 atom stereocenters. The first kappa shape index (κ1) is 16.7. The lowest BCUT2D eigenvalue weighted by atomic mass is 10.0. The van der Waals surface area contributed by atoms with Gasteiger partial charge in [0.2, 0.25) is 5.91 Å². The molecule has 0 fully saturated rings. The number of amides is 1. The molecule has 0 heterocycles. The minimum atomic E-state index is -0.390. The first-order valence-electron chi connectivity index (χ1n) is 7.34. The Morgan fingerprint density at radius 3 is 2.35 bits per heavy atom. The number of aliphatic hydroxyl groups is 1. The highest BCUT2D eigenvalue weighted by Crippen LogP contribution is 2.20. The van der Waals surface area contributed by atoms with Gasteiger partial charge in [-0.3, -0.25) is 9.69 Å². The number of nitrogens with one attached hydrogen (secondary N) is 1. The van der Waals surface area contributed by atoms with Crippen LogP contribution in [-0.4, -0.2) is 41.7 Å². The molecule has 1 amide bonds. The highest BCUT2D eigenvalue weighted by atomic mass is 16.3. The third-order valence-electron chi connectivity index (χ3n) is 3.40. The van der Waals surface area contributed by atoms with Crippen molar-refractivity contribution in [2.24, 2.45) is 0 Å². The lowest BCUT2D eigenvalue weighted by Crippen LogP contribution is -2.41. The Kier molecular flexibility index (Phi) is 7.26. The molecule has 0 aliphatic rings. The molecule has 0 aliphatic heterocycles. The van der Waals surface area contributed by atoms with E-state index < -0.39 is 0 Å². The van der Waals surface area contributed by atoms with Gasteiger partial charge in [0.1, 0.15) is 6.04 Å². The average molecular weight is 278 g/mol. The van der Waals surface area contributed by atoms with E-state index in [0.717, 1.165) is 18.7 Å². The summed E-state index contributed by atoms with van der Waals surface area (Å²) >= 11 is 0. The van der Waals surface area contributed by atoms with Gasteiger partial charge in [0, 0.05) is 6.54 Å². The Morgan fingerprint density at radius 1 is 1.25 bits per heavy atom. The lowest BCUT2D eigenvalue weighted by molar-refractivity contribution is -0.126. The van der Waals surface area contributed by atoms with E-state index in [1.807, 2.05) is 30.3 Å². The molecule has 112 valence electrons. The molecule has 2 N–H and O–H groups in total. The second kappa shape index (κ2) is 8.72. The molecule has 0 saturated heterocycles. The van der Waals surface area contributed by atoms with Crippen LogP contribution in [-0.2, 0) is 4.79 Å². The molecule has 0 spiro atoms. The Balaban J connectivity index is 2.80. The van der Waals surface area contributed by atoms with Crippen molar-refractivity contribution in [3.8, 4) is 0 Å². The van der Waals surface area contributed by atoms with Crippen molar-refractivity contribution in [2.45, 2.75) is 39.3 Å². The van der Waals surface area contributed by atoms with Crippen LogP contribution in [0.15, 0.2) is 30.3 Å². The van der Waals surface area contributed by atoms with E-state index in [1.54, 1.807) is 6.92 Å². The summed E-state index contributed by atoms with van der Waals surface area (Å²) in [6.45, 7) is 7.98. The fraction of sp³-hybridized carbons (Fsp3) is 0.562. The Bertz CT molecular complexity index is 389. The van der Waals surface area contributed by atoms with Gasteiger partial charge >= 0.3 is 0 Å². The van der Waals surface area contributed by atoms with Gasteiger partial charge < -0.3 is 10.4 Å². The number of rotatable bonds is 8. The Labute approximate surface area is 121 Å². The van der Waals surface area contributed by atoms with Gasteiger partial charge in [-0.15, -0.1) is 0 Å². The van der Waals surface area contributed by atoms with Crippen molar-refractivity contribution < 1.29 is 9.90 Å². The van der Waals surface area contributed by atoms with E-state index in [0.29, 0.717) is 13.0 Å². The topological polar surface area (TPSA) is 52.6 Å². The second-order valence-electron chi connectivity index (χ2n) is 4.96. The standard InChI is InChI=1S/C16H26N2O2/c1-4-18(5-2)15(14-9-7-6-8-10-14)16(20)17-12-11-13(3)19/h6-10,13,15,19H,4-5,11-12H2,1-3H3,(H,17,20). The van der Waals surface area contributed by atoms with E-state index in [2.05, 4.69) is 24.1 Å². The molecule has 1 rings (SSSR count). The molecule has 4 heteroatoms. The van der Waals surface area contributed by atoms with Gasteiger partial charge in [-0.2, -0.15) is 0 Å². The van der Waals surface area contributed by atoms with E-state index in [-0.39, 0.29) is 18.1 Å². The molecule has 0 saturated carbocycles. The zero-order valence-electron chi connectivity index (χ0n) is 12.7. The Hall–Kier alpha value is -1.39. The van der Waals surface area contributed by atoms with Crippen molar-refractivity contribution in [3.63, 3.8) is 0 Å². The van der Waals surface area contributed by atoms with E-state index >= 15 is 0 Å². The molecule has 0 radical (unpaired) electrons. The number of hydrogen-bond acceptors (Lipinski definition) is 3. The summed E-state index contributed by atoms with van der Waals surface area (Å²) in [5, 5.41) is 12.2. The number of likely N-dealkylation sites (N-methyl/N-ethyl adjacent to an activating group) is 1. The van der Waals surface area contributed by atoms with Crippen LogP contribution in [0.1, 0.15) is 38.8 Å². The van der Waals surface area contributed by atoms with E-state index in [9.17, 15) is 9.90 Å². The summed E-state index contributed by atoms with van der Waals surface area (Å²) < 4.78 is 0. The fourth-order valence-corrected chi connectivity index (χ4v) is 2.25. The zero-order valence-corrected chi connectivity index (χ0v) is 12.7. The predicted molar refractivity (Wildman–Crippen MR) is 81.4 cm³/mol. The maximum Gasteiger partial charge on any atom is 0.241 e. The van der Waals surface area contributed by atoms with Crippen LogP contribution in [0, 0.1) is 0 Å². The number of aliphatic hydroxyl groups excluding tert-OH is 1. The third-order valence-corrected chi connectivity index (χ3v) is 3.40. The largest absolute Gasteiger partial charge is 0.393 e. The first-order valence-corrected chi connectivity index (χ1v) is 7.34. The number of nitrogens with zero attached hydrogens (tertiary/aromatic N) is 1. The van der Waals surface area contributed by atoms with Gasteiger partial charge in [0.05, 0.1) is 6.10 Å². The normalized spacial score (nSPS) is 14.1. The van der Waals surface area contributed by atoms with E-state index in [1.165, 1.54) is 0 Å². The molecule has 0 aliphatic carbocycles. The summed E-state index contributed by atoms with van der Waals surface area (Å²) in [6.07, 6.45) is 0.185. The molecule has 0 bridgehead atoms. The minimum Gasteiger partial charge on any atom is -0.393 e. The molecular formula is C16H26N2O2. The van der Waals surface area contributed by atoms with Crippen LogP contribution in [0.2, 0.25) is 0 Å². The van der Waals surface area contributed by atoms with Crippen LogP contribution < -0.4 is 5.32 Å². The average Bonchev–Trinajstić information content (AvgIpc) is 2.44. The second-order valence-corrected chi connectivity index (χ2v) is 4.96. The van der Waals surface area contributed by atoms with Crippen molar-refractivity contribution in [1.82, 2.24) is 10.2 Å². The monoisotopic (exact) mass is 278 g/mol. The molecule has 1 aromatic rings. The van der Waals surface area contributed by atoms with Crippen LogP contribution in [0.25, 0.3) is 0 Å². The predicted octanol–water partition coefficient (Wildman–Crippen LogP) is 1.96. The molecule has 20 heavy (non-hydrogen) atoms. The van der Waals surface area contributed by atoms with Crippen LogP contribution >= 0.6 is 0 Å². The number of carbonyl (C=O) groups is 1. The highest BCUT2D eigenvalue weighted by molar-refractivity contribution is 5.83. The summed E-state index contributed by atoms with van der Waals surface area (Å²) in [4.78, 5) is 14.6. The summed E-state index contributed by atoms with van der Waals surface area (Å²) in [7, 11) is 0. The minimum absolute atomic E-state index is 0.000509. The van der Waals surface area contributed by atoms with Gasteiger partial charge in [-0.1, -0.05) is 44.2 Å². The molecule has 2 unspecified atom stereocenters. The van der Waals surface area contributed by atoms with Crippen molar-refractivity contribution in [1.29, 1.82) is 0 Å². The lowest BCUT2D eigenvalue weighted by Gasteiger charge is -2.29. The number of carbonyl (C=O) groups excluding carboxylic acids is 1. The van der Waals surface area contributed by atoms with Crippen LogP contribution in [0.5, 0.6) is 0 Å². The Morgan fingerprint density at radius 2 is 1.85 bits per heavy atom. The zero-order chi connectivity index (χ0) is 15.0. The van der Waals surface area contributed by atoms with Gasteiger partial charge in [-0.25, -0.2) is 0 Å². The quantitative estimate of drug-likeness (QED) is 0.764. The SMILES string of the molecule is CCN(CC)C(C(=O)NCCC(C)O)c1ccccc1. The molecule has 1 aromatic carbocycles. The first-order chi connectivity index (χ1) is 9.60. The van der Waals surface area contributed by atoms with Crippen LogP contribution in [0.3, 0.4) is 0 Å². The van der Waals surface area contributed by atoms with E-state index in [4.69, 9.17) is 0 Å². The summed E-state index contributed by atoms with van der Waals surface area (Å²) in [5.41, 5.74) is 1.01. The number of hydrogen-bond donors (Lipinski definition) is 2. The number of benzene rings is 1. The molecular weight excluding hydrogens is 252 g/mol.